The van der Waals surface area contributed by atoms with E-state index in [2.05, 4.69) is 34.9 Å². The standard InChI is InChI=1S/C17H27N3O.HI/c1-21-13-12-18-17(20-16-10-6-3-7-11-16)19-14-15-8-4-2-5-9-15;/h2,4-5,8-9,16H,3,6-7,10-14H2,1H3,(H2,18,19,20);1H. The van der Waals surface area contributed by atoms with Gasteiger partial charge in [-0.3, -0.25) is 0 Å². The van der Waals surface area contributed by atoms with Crippen LogP contribution in [-0.2, 0) is 11.3 Å². The second-order valence-electron chi connectivity index (χ2n) is 5.55. The Hall–Kier alpha value is -0.820. The smallest absolute Gasteiger partial charge is 0.191 e. The predicted octanol–water partition coefficient (Wildman–Crippen LogP) is 3.32. The van der Waals surface area contributed by atoms with E-state index in [-0.39, 0.29) is 24.0 Å². The van der Waals surface area contributed by atoms with Crippen LogP contribution in [0, 0.1) is 0 Å². The number of hydrogen-bond donors (Lipinski definition) is 2. The molecule has 0 bridgehead atoms. The maximum absolute atomic E-state index is 5.10. The lowest BCUT2D eigenvalue weighted by Gasteiger charge is -2.25. The molecule has 0 atom stereocenters. The van der Waals surface area contributed by atoms with Crippen LogP contribution in [0.3, 0.4) is 0 Å². The van der Waals surface area contributed by atoms with Crippen LogP contribution in [-0.4, -0.2) is 32.3 Å². The van der Waals surface area contributed by atoms with Crippen LogP contribution in [0.25, 0.3) is 0 Å². The third kappa shape index (κ3) is 7.45. The van der Waals surface area contributed by atoms with Crippen LogP contribution in [0.1, 0.15) is 37.7 Å². The van der Waals surface area contributed by atoms with Crippen LogP contribution < -0.4 is 10.6 Å². The van der Waals surface area contributed by atoms with E-state index < -0.39 is 0 Å². The normalized spacial score (nSPS) is 16.0. The predicted molar refractivity (Wildman–Crippen MR) is 103 cm³/mol. The first kappa shape index (κ1) is 19.2. The van der Waals surface area contributed by atoms with E-state index in [1.165, 1.54) is 37.7 Å². The van der Waals surface area contributed by atoms with E-state index in [1.807, 2.05) is 6.07 Å². The van der Waals surface area contributed by atoms with Crippen LogP contribution >= 0.6 is 24.0 Å². The van der Waals surface area contributed by atoms with Gasteiger partial charge in [-0.25, -0.2) is 4.99 Å². The minimum absolute atomic E-state index is 0. The average Bonchev–Trinajstić information content (AvgIpc) is 2.54. The van der Waals surface area contributed by atoms with Crippen LogP contribution in [0.2, 0.25) is 0 Å². The van der Waals surface area contributed by atoms with Gasteiger partial charge in [0, 0.05) is 19.7 Å². The van der Waals surface area contributed by atoms with Crippen molar-refractivity contribution in [3.05, 3.63) is 35.9 Å². The topological polar surface area (TPSA) is 45.6 Å². The lowest BCUT2D eigenvalue weighted by molar-refractivity contribution is 0.203. The fourth-order valence-corrected chi connectivity index (χ4v) is 2.62. The molecule has 5 heteroatoms. The third-order valence-corrected chi connectivity index (χ3v) is 3.81. The van der Waals surface area contributed by atoms with Crippen molar-refractivity contribution in [3.8, 4) is 0 Å². The van der Waals surface area contributed by atoms with Gasteiger partial charge < -0.3 is 15.4 Å². The van der Waals surface area contributed by atoms with Gasteiger partial charge in [-0.15, -0.1) is 24.0 Å². The van der Waals surface area contributed by atoms with Gasteiger partial charge >= 0.3 is 0 Å². The van der Waals surface area contributed by atoms with Crippen molar-refractivity contribution >= 4 is 29.9 Å². The Morgan fingerprint density at radius 2 is 1.91 bits per heavy atom. The zero-order chi connectivity index (χ0) is 14.8. The lowest BCUT2D eigenvalue weighted by Crippen LogP contribution is -2.45. The SMILES string of the molecule is COCCNC(=NCc1ccccc1)NC1CCCCC1.I. The molecule has 0 saturated heterocycles. The van der Waals surface area contributed by atoms with Crippen LogP contribution in [0.4, 0.5) is 0 Å². The summed E-state index contributed by atoms with van der Waals surface area (Å²) >= 11 is 0. The lowest BCUT2D eigenvalue weighted by atomic mass is 9.96. The molecule has 1 aromatic carbocycles. The molecule has 0 amide bonds. The summed E-state index contributed by atoms with van der Waals surface area (Å²) < 4.78 is 5.10. The molecule has 22 heavy (non-hydrogen) atoms. The van der Waals surface area contributed by atoms with Gasteiger partial charge in [0.05, 0.1) is 13.2 Å². The van der Waals surface area contributed by atoms with Crippen LogP contribution in [0.5, 0.6) is 0 Å². The minimum Gasteiger partial charge on any atom is -0.383 e. The first-order valence-corrected chi connectivity index (χ1v) is 7.96. The molecule has 1 fully saturated rings. The van der Waals surface area contributed by atoms with Gasteiger partial charge in [0.2, 0.25) is 0 Å². The maximum Gasteiger partial charge on any atom is 0.191 e. The number of ether oxygens (including phenoxy) is 1. The molecule has 0 spiro atoms. The van der Waals surface area contributed by atoms with E-state index >= 15 is 0 Å². The molecule has 1 saturated carbocycles. The van der Waals surface area contributed by atoms with Gasteiger partial charge in [-0.1, -0.05) is 49.6 Å². The Labute approximate surface area is 151 Å². The van der Waals surface area contributed by atoms with Crippen molar-refractivity contribution in [3.63, 3.8) is 0 Å². The van der Waals surface area contributed by atoms with Crippen molar-refractivity contribution in [2.24, 2.45) is 4.99 Å². The molecule has 0 unspecified atom stereocenters. The van der Waals surface area contributed by atoms with Gasteiger partial charge in [-0.2, -0.15) is 0 Å². The first-order chi connectivity index (χ1) is 10.4. The van der Waals surface area contributed by atoms with Gasteiger partial charge in [0.25, 0.3) is 0 Å². The summed E-state index contributed by atoms with van der Waals surface area (Å²) in [7, 11) is 1.72. The largest absolute Gasteiger partial charge is 0.383 e. The number of halogens is 1. The zero-order valence-corrected chi connectivity index (χ0v) is 15.7. The van der Waals surface area contributed by atoms with Gasteiger partial charge in [0.1, 0.15) is 0 Å². The zero-order valence-electron chi connectivity index (χ0n) is 13.4. The fraction of sp³-hybridized carbons (Fsp3) is 0.588. The molecule has 0 aromatic heterocycles. The molecule has 0 radical (unpaired) electrons. The Kier molecular flexibility index (Phi) is 10.2. The molecule has 1 aliphatic rings. The molecule has 0 heterocycles. The highest BCUT2D eigenvalue weighted by molar-refractivity contribution is 14.0. The highest BCUT2D eigenvalue weighted by Gasteiger charge is 2.14. The molecule has 4 nitrogen and oxygen atoms in total. The van der Waals surface area contributed by atoms with Crippen molar-refractivity contribution in [1.82, 2.24) is 10.6 Å². The summed E-state index contributed by atoms with van der Waals surface area (Å²) in [6, 6.07) is 10.9. The molecule has 1 aliphatic carbocycles. The number of nitrogens with one attached hydrogen (secondary N) is 2. The Morgan fingerprint density at radius 3 is 2.59 bits per heavy atom. The molecule has 2 N–H and O–H groups in total. The summed E-state index contributed by atoms with van der Waals surface area (Å²) in [5.74, 6) is 0.905. The molecule has 2 rings (SSSR count). The van der Waals surface area contributed by atoms with Crippen molar-refractivity contribution < 1.29 is 4.74 Å². The second-order valence-corrected chi connectivity index (χ2v) is 5.55. The number of nitrogens with zero attached hydrogens (tertiary/aromatic N) is 1. The van der Waals surface area contributed by atoms with Crippen molar-refractivity contribution in [2.75, 3.05) is 20.3 Å². The Bertz CT molecular complexity index is 419. The molecular weight excluding hydrogens is 389 g/mol. The third-order valence-electron chi connectivity index (χ3n) is 3.81. The number of benzene rings is 1. The number of rotatable bonds is 6. The molecule has 1 aromatic rings. The minimum atomic E-state index is 0. The highest BCUT2D eigenvalue weighted by atomic mass is 127. The number of guanidine groups is 1. The number of hydrogen-bond acceptors (Lipinski definition) is 2. The van der Waals surface area contributed by atoms with E-state index in [0.29, 0.717) is 19.2 Å². The fourth-order valence-electron chi connectivity index (χ4n) is 2.62. The van der Waals surface area contributed by atoms with E-state index in [9.17, 15) is 0 Å². The van der Waals surface area contributed by atoms with E-state index in [0.717, 1.165) is 12.5 Å². The number of methoxy groups -OCH3 is 1. The quantitative estimate of drug-likeness (QED) is 0.323. The molecule has 124 valence electrons. The van der Waals surface area contributed by atoms with Gasteiger partial charge in [0.15, 0.2) is 5.96 Å². The van der Waals surface area contributed by atoms with E-state index in [4.69, 9.17) is 9.73 Å². The van der Waals surface area contributed by atoms with E-state index in [1.54, 1.807) is 7.11 Å². The summed E-state index contributed by atoms with van der Waals surface area (Å²) in [6.45, 7) is 2.18. The molecule has 0 aliphatic heterocycles. The maximum atomic E-state index is 5.10. The average molecular weight is 417 g/mol. The molecular formula is C17H28IN3O. The van der Waals surface area contributed by atoms with Gasteiger partial charge in [-0.05, 0) is 18.4 Å². The Morgan fingerprint density at radius 1 is 1.18 bits per heavy atom. The summed E-state index contributed by atoms with van der Waals surface area (Å²) in [6.07, 6.45) is 6.50. The summed E-state index contributed by atoms with van der Waals surface area (Å²) in [5.41, 5.74) is 1.23. The van der Waals surface area contributed by atoms with Crippen molar-refractivity contribution in [2.45, 2.75) is 44.7 Å². The number of aliphatic imine (C=N–C) groups is 1. The Balaban J connectivity index is 0.00000242. The monoisotopic (exact) mass is 417 g/mol. The highest BCUT2D eigenvalue weighted by Crippen LogP contribution is 2.17. The van der Waals surface area contributed by atoms with Crippen LogP contribution in [0.15, 0.2) is 35.3 Å². The summed E-state index contributed by atoms with van der Waals surface area (Å²) in [5, 5.41) is 6.92. The van der Waals surface area contributed by atoms with Crippen molar-refractivity contribution in [1.29, 1.82) is 0 Å². The first-order valence-electron chi connectivity index (χ1n) is 7.96. The second kappa shape index (κ2) is 11.7. The summed E-state index contributed by atoms with van der Waals surface area (Å²) in [4.78, 5) is 4.70.